The smallest absolute Gasteiger partial charge is 0.256 e. The molecule has 0 bridgehead atoms. The second kappa shape index (κ2) is 7.08. The number of amidine groups is 1. The van der Waals surface area contributed by atoms with E-state index in [9.17, 15) is 13.2 Å². The predicted octanol–water partition coefficient (Wildman–Crippen LogP) is 1.12. The Hall–Kier alpha value is -3.20. The minimum atomic E-state index is -3.43. The summed E-state index contributed by atoms with van der Waals surface area (Å²) in [5, 5.41) is 3.03. The normalized spacial score (nSPS) is 18.7. The highest BCUT2D eigenvalue weighted by Crippen LogP contribution is 2.22. The summed E-state index contributed by atoms with van der Waals surface area (Å²) in [6, 6.07) is 9.19. The van der Waals surface area contributed by atoms with Crippen molar-refractivity contribution in [3.8, 4) is 0 Å². The van der Waals surface area contributed by atoms with Crippen LogP contribution in [0.1, 0.15) is 17.4 Å². The zero-order chi connectivity index (χ0) is 19.7. The third-order valence-electron chi connectivity index (χ3n) is 4.61. The van der Waals surface area contributed by atoms with Gasteiger partial charge in [0.1, 0.15) is 17.7 Å². The fourth-order valence-corrected chi connectivity index (χ4v) is 4.12. The Morgan fingerprint density at radius 3 is 2.71 bits per heavy atom. The van der Waals surface area contributed by atoms with Crippen molar-refractivity contribution in [1.29, 1.82) is 0 Å². The van der Waals surface area contributed by atoms with E-state index in [0.29, 0.717) is 17.2 Å². The van der Waals surface area contributed by atoms with Crippen LogP contribution in [-0.4, -0.2) is 46.9 Å². The molecule has 9 heteroatoms. The number of fused-ring (bicyclic) bond motifs is 1. The molecule has 0 spiro atoms. The van der Waals surface area contributed by atoms with Gasteiger partial charge in [-0.1, -0.05) is 30.3 Å². The topological polar surface area (TPSA) is 96.7 Å². The van der Waals surface area contributed by atoms with Crippen molar-refractivity contribution in [2.24, 2.45) is 11.4 Å². The number of rotatable bonds is 4. The lowest BCUT2D eigenvalue weighted by Gasteiger charge is -2.27. The van der Waals surface area contributed by atoms with Gasteiger partial charge in [-0.25, -0.2) is 13.4 Å². The van der Waals surface area contributed by atoms with E-state index in [4.69, 9.17) is 0 Å². The van der Waals surface area contributed by atoms with Gasteiger partial charge in [0.2, 0.25) is 0 Å². The lowest BCUT2D eigenvalue weighted by molar-refractivity contribution is -0.117. The molecule has 0 saturated carbocycles. The molecule has 8 nitrogen and oxygen atoms in total. The highest BCUT2D eigenvalue weighted by atomic mass is 32.2. The van der Waals surface area contributed by atoms with E-state index >= 15 is 0 Å². The van der Waals surface area contributed by atoms with Gasteiger partial charge >= 0.3 is 0 Å². The molecule has 4 rings (SSSR count). The Kier molecular flexibility index (Phi) is 4.60. The molecular weight excluding hydrogens is 378 g/mol. The fraction of sp³-hybridized carbons (Fsp3) is 0.211. The van der Waals surface area contributed by atoms with Crippen molar-refractivity contribution in [3.63, 3.8) is 0 Å². The van der Waals surface area contributed by atoms with Gasteiger partial charge in [-0.05, 0) is 17.7 Å². The monoisotopic (exact) mass is 397 g/mol. The number of carbonyl (C=O) groups is 1. The summed E-state index contributed by atoms with van der Waals surface area (Å²) < 4.78 is 28.9. The van der Waals surface area contributed by atoms with Crippen molar-refractivity contribution in [2.75, 3.05) is 12.3 Å². The molecule has 1 aromatic carbocycles. The third kappa shape index (κ3) is 3.61. The molecule has 2 aliphatic rings. The number of nitrogens with zero attached hydrogens (tertiary/aromatic N) is 4. The van der Waals surface area contributed by atoms with Crippen LogP contribution in [0.15, 0.2) is 71.0 Å². The first-order valence-corrected chi connectivity index (χ1v) is 10.4. The Bertz CT molecular complexity index is 1100. The second-order valence-electron chi connectivity index (χ2n) is 6.56. The molecule has 0 radical (unpaired) electrons. The molecule has 2 aliphatic heterocycles. The molecule has 1 aromatic heterocycles. The van der Waals surface area contributed by atoms with E-state index in [1.165, 1.54) is 0 Å². The summed E-state index contributed by atoms with van der Waals surface area (Å²) in [6.07, 6.45) is 8.27. The van der Waals surface area contributed by atoms with Gasteiger partial charge in [0.25, 0.3) is 15.9 Å². The van der Waals surface area contributed by atoms with E-state index in [1.807, 2.05) is 48.1 Å². The zero-order valence-corrected chi connectivity index (χ0v) is 16.0. The number of carbonyl (C=O) groups excluding carboxylic acids is 1. The average molecular weight is 397 g/mol. The SMILES string of the molecule is Cn1ccnc1C(NC(=O)C1=CN2CCS(=O)(=O)N=C2C=C1)c1ccccc1. The number of imidazole rings is 1. The molecule has 28 heavy (non-hydrogen) atoms. The number of amides is 1. The van der Waals surface area contributed by atoms with Gasteiger partial charge in [0.15, 0.2) is 0 Å². The van der Waals surface area contributed by atoms with Crippen LogP contribution in [0.4, 0.5) is 0 Å². The van der Waals surface area contributed by atoms with Crippen LogP contribution in [0.2, 0.25) is 0 Å². The number of aromatic nitrogens is 2. The summed E-state index contributed by atoms with van der Waals surface area (Å²) in [4.78, 5) is 19.0. The summed E-state index contributed by atoms with van der Waals surface area (Å²) >= 11 is 0. The van der Waals surface area contributed by atoms with E-state index in [1.54, 1.807) is 29.4 Å². The standard InChI is InChI=1S/C19H19N5O3S/c1-23-10-9-20-18(23)17(14-5-3-2-4-6-14)21-19(25)15-7-8-16-22-28(26,27)12-11-24(16)13-15/h2-10,13,17H,11-12H2,1H3,(H,21,25). The molecule has 0 saturated heterocycles. The molecule has 2 aromatic rings. The van der Waals surface area contributed by atoms with Crippen molar-refractivity contribution < 1.29 is 13.2 Å². The van der Waals surface area contributed by atoms with Gasteiger partial charge in [-0.15, -0.1) is 4.40 Å². The number of sulfonamides is 1. The third-order valence-corrected chi connectivity index (χ3v) is 5.77. The zero-order valence-electron chi connectivity index (χ0n) is 15.2. The van der Waals surface area contributed by atoms with Gasteiger partial charge in [0, 0.05) is 32.2 Å². The summed E-state index contributed by atoms with van der Waals surface area (Å²) in [5.74, 6) is 0.689. The van der Waals surface area contributed by atoms with Crippen molar-refractivity contribution in [1.82, 2.24) is 19.8 Å². The first-order valence-electron chi connectivity index (χ1n) is 8.75. The number of nitrogens with one attached hydrogen (secondary N) is 1. The highest BCUT2D eigenvalue weighted by molar-refractivity contribution is 7.90. The minimum absolute atomic E-state index is 0.0738. The maximum absolute atomic E-state index is 12.9. The van der Waals surface area contributed by atoms with Gasteiger partial charge in [-0.3, -0.25) is 4.79 Å². The van der Waals surface area contributed by atoms with Crippen molar-refractivity contribution in [3.05, 3.63) is 78.0 Å². The lowest BCUT2D eigenvalue weighted by Crippen LogP contribution is -2.38. The van der Waals surface area contributed by atoms with Crippen LogP contribution < -0.4 is 5.32 Å². The Labute approximate surface area is 163 Å². The maximum Gasteiger partial charge on any atom is 0.256 e. The van der Waals surface area contributed by atoms with Gasteiger partial charge in [0.05, 0.1) is 11.3 Å². The van der Waals surface area contributed by atoms with Crippen LogP contribution >= 0.6 is 0 Å². The van der Waals surface area contributed by atoms with E-state index < -0.39 is 16.1 Å². The minimum Gasteiger partial charge on any atom is -0.338 e. The van der Waals surface area contributed by atoms with Crippen LogP contribution in [0, 0.1) is 0 Å². The van der Waals surface area contributed by atoms with Crippen LogP contribution in [-0.2, 0) is 21.9 Å². The van der Waals surface area contributed by atoms with E-state index in [-0.39, 0.29) is 18.2 Å². The largest absolute Gasteiger partial charge is 0.338 e. The van der Waals surface area contributed by atoms with E-state index in [2.05, 4.69) is 14.7 Å². The molecule has 0 fully saturated rings. The number of hydrogen-bond donors (Lipinski definition) is 1. The Morgan fingerprint density at radius 1 is 1.21 bits per heavy atom. The van der Waals surface area contributed by atoms with Crippen LogP contribution in [0.5, 0.6) is 0 Å². The Balaban J connectivity index is 1.60. The van der Waals surface area contributed by atoms with E-state index in [0.717, 1.165) is 5.56 Å². The first kappa shape index (κ1) is 18.2. The number of aryl methyl sites for hydroxylation is 1. The average Bonchev–Trinajstić information content (AvgIpc) is 3.11. The molecule has 1 amide bonds. The molecular formula is C19H19N5O3S. The predicted molar refractivity (Wildman–Crippen MR) is 105 cm³/mol. The second-order valence-corrected chi connectivity index (χ2v) is 8.31. The number of benzene rings is 1. The Morgan fingerprint density at radius 2 is 2.00 bits per heavy atom. The molecule has 0 aliphatic carbocycles. The molecule has 1 atom stereocenters. The van der Waals surface area contributed by atoms with Gasteiger partial charge < -0.3 is 14.8 Å². The quantitative estimate of drug-likeness (QED) is 0.834. The van der Waals surface area contributed by atoms with Crippen LogP contribution in [0.3, 0.4) is 0 Å². The molecule has 144 valence electrons. The maximum atomic E-state index is 12.9. The lowest BCUT2D eigenvalue weighted by atomic mass is 10.0. The molecule has 3 heterocycles. The molecule has 1 N–H and O–H groups in total. The van der Waals surface area contributed by atoms with Crippen molar-refractivity contribution in [2.45, 2.75) is 6.04 Å². The summed E-state index contributed by atoms with van der Waals surface area (Å²) in [7, 11) is -1.55. The number of hydrogen-bond acceptors (Lipinski definition) is 5. The van der Waals surface area contributed by atoms with Crippen LogP contribution in [0.25, 0.3) is 0 Å². The first-order chi connectivity index (χ1) is 13.4. The van der Waals surface area contributed by atoms with Gasteiger partial charge in [-0.2, -0.15) is 0 Å². The fourth-order valence-electron chi connectivity index (χ4n) is 3.15. The highest BCUT2D eigenvalue weighted by Gasteiger charge is 2.27. The molecule has 1 unspecified atom stereocenters. The summed E-state index contributed by atoms with van der Waals surface area (Å²) in [6.45, 7) is 0.268. The van der Waals surface area contributed by atoms with Crippen molar-refractivity contribution >= 4 is 21.8 Å². The summed E-state index contributed by atoms with van der Waals surface area (Å²) in [5.41, 5.74) is 1.34.